The lowest BCUT2D eigenvalue weighted by atomic mass is 10.2. The molecule has 0 aromatic rings. The molecule has 1 unspecified atom stereocenters. The van der Waals surface area contributed by atoms with Crippen molar-refractivity contribution in [2.24, 2.45) is 11.7 Å². The summed E-state index contributed by atoms with van der Waals surface area (Å²) in [5.74, 6) is 2.54. The van der Waals surface area contributed by atoms with Gasteiger partial charge in [0.05, 0.1) is 5.75 Å². The van der Waals surface area contributed by atoms with Crippen molar-refractivity contribution in [2.75, 3.05) is 25.1 Å². The van der Waals surface area contributed by atoms with Crippen molar-refractivity contribution in [1.82, 2.24) is 4.90 Å². The van der Waals surface area contributed by atoms with Gasteiger partial charge in [-0.05, 0) is 25.0 Å². The second kappa shape index (κ2) is 7.99. The Bertz CT molecular complexity index is 185. The molecule has 1 atom stereocenters. The molecule has 1 amide bonds. The molecule has 0 bridgehead atoms. The topological polar surface area (TPSA) is 46.3 Å². The number of carbonyl (C=O) groups excluding carboxylic acids is 1. The Hall–Kier alpha value is -0.220. The van der Waals surface area contributed by atoms with Crippen LogP contribution in [0.1, 0.15) is 27.2 Å². The smallest absolute Gasteiger partial charge is 0.232 e. The maximum atomic E-state index is 11.6. The lowest BCUT2D eigenvalue weighted by Gasteiger charge is -2.23. The lowest BCUT2D eigenvalue weighted by molar-refractivity contribution is -0.128. The molecule has 3 nitrogen and oxygen atoms in total. The number of hydrogen-bond donors (Lipinski definition) is 1. The fourth-order valence-corrected chi connectivity index (χ4v) is 2.14. The van der Waals surface area contributed by atoms with Gasteiger partial charge in [-0.1, -0.05) is 13.8 Å². The SMILES string of the molecule is CC(C)CCSCC(=O)N(C)C(C)CN. The Morgan fingerprint density at radius 2 is 2.00 bits per heavy atom. The van der Waals surface area contributed by atoms with Gasteiger partial charge < -0.3 is 10.6 Å². The zero-order chi connectivity index (χ0) is 11.8. The quantitative estimate of drug-likeness (QED) is 0.678. The molecular formula is C11H24N2OS. The number of hydrogen-bond acceptors (Lipinski definition) is 3. The van der Waals surface area contributed by atoms with Crippen LogP contribution in [0.3, 0.4) is 0 Å². The fraction of sp³-hybridized carbons (Fsp3) is 0.909. The van der Waals surface area contributed by atoms with Crippen LogP contribution in [0, 0.1) is 5.92 Å². The summed E-state index contributed by atoms with van der Waals surface area (Å²) in [6.45, 7) is 6.89. The van der Waals surface area contributed by atoms with Gasteiger partial charge in [-0.25, -0.2) is 0 Å². The number of rotatable bonds is 7. The van der Waals surface area contributed by atoms with E-state index in [1.807, 2.05) is 14.0 Å². The molecule has 2 N–H and O–H groups in total. The van der Waals surface area contributed by atoms with E-state index >= 15 is 0 Å². The zero-order valence-corrected chi connectivity index (χ0v) is 11.1. The van der Waals surface area contributed by atoms with Crippen LogP contribution >= 0.6 is 11.8 Å². The minimum Gasteiger partial charge on any atom is -0.341 e. The highest BCUT2D eigenvalue weighted by atomic mass is 32.2. The maximum Gasteiger partial charge on any atom is 0.232 e. The van der Waals surface area contributed by atoms with Crippen LogP contribution in [-0.4, -0.2) is 41.9 Å². The van der Waals surface area contributed by atoms with E-state index in [9.17, 15) is 4.79 Å². The van der Waals surface area contributed by atoms with Gasteiger partial charge in [0.15, 0.2) is 0 Å². The largest absolute Gasteiger partial charge is 0.341 e. The zero-order valence-electron chi connectivity index (χ0n) is 10.3. The maximum absolute atomic E-state index is 11.6. The fourth-order valence-electron chi connectivity index (χ4n) is 0.984. The second-order valence-corrected chi connectivity index (χ2v) is 5.43. The predicted octanol–water partition coefficient (Wildman–Crippen LogP) is 1.57. The molecule has 0 radical (unpaired) electrons. The van der Waals surface area contributed by atoms with Crippen molar-refractivity contribution in [3.8, 4) is 0 Å². The summed E-state index contributed by atoms with van der Waals surface area (Å²) in [6.07, 6.45) is 1.17. The van der Waals surface area contributed by atoms with E-state index in [2.05, 4.69) is 13.8 Å². The number of thioether (sulfide) groups is 1. The van der Waals surface area contributed by atoms with Gasteiger partial charge in [-0.2, -0.15) is 11.8 Å². The van der Waals surface area contributed by atoms with Gasteiger partial charge >= 0.3 is 0 Å². The Morgan fingerprint density at radius 3 is 2.47 bits per heavy atom. The molecule has 15 heavy (non-hydrogen) atoms. The van der Waals surface area contributed by atoms with Crippen LogP contribution in [0.15, 0.2) is 0 Å². The van der Waals surface area contributed by atoms with Gasteiger partial charge in [-0.15, -0.1) is 0 Å². The van der Waals surface area contributed by atoms with E-state index in [4.69, 9.17) is 5.73 Å². The van der Waals surface area contributed by atoms with E-state index in [0.717, 1.165) is 5.75 Å². The average Bonchev–Trinajstić information content (AvgIpc) is 2.21. The van der Waals surface area contributed by atoms with Gasteiger partial charge in [-0.3, -0.25) is 4.79 Å². The summed E-state index contributed by atoms with van der Waals surface area (Å²) >= 11 is 1.71. The van der Waals surface area contributed by atoms with Gasteiger partial charge in [0.25, 0.3) is 0 Å². The van der Waals surface area contributed by atoms with Crippen molar-refractivity contribution >= 4 is 17.7 Å². The van der Waals surface area contributed by atoms with Crippen LogP contribution in [-0.2, 0) is 4.79 Å². The van der Waals surface area contributed by atoms with Crippen molar-refractivity contribution < 1.29 is 4.79 Å². The number of amides is 1. The van der Waals surface area contributed by atoms with Crippen LogP contribution in [0.4, 0.5) is 0 Å². The lowest BCUT2D eigenvalue weighted by Crippen LogP contribution is -2.40. The summed E-state index contributed by atoms with van der Waals surface area (Å²) in [5.41, 5.74) is 5.50. The van der Waals surface area contributed by atoms with Crippen molar-refractivity contribution in [3.63, 3.8) is 0 Å². The number of likely N-dealkylation sites (N-methyl/N-ethyl adjacent to an activating group) is 1. The van der Waals surface area contributed by atoms with Crippen molar-refractivity contribution in [1.29, 1.82) is 0 Å². The highest BCUT2D eigenvalue weighted by Gasteiger charge is 2.13. The summed E-state index contributed by atoms with van der Waals surface area (Å²) < 4.78 is 0. The summed E-state index contributed by atoms with van der Waals surface area (Å²) in [7, 11) is 1.82. The van der Waals surface area contributed by atoms with E-state index in [-0.39, 0.29) is 11.9 Å². The first-order valence-electron chi connectivity index (χ1n) is 5.52. The average molecular weight is 232 g/mol. The molecule has 0 spiro atoms. The normalized spacial score (nSPS) is 12.9. The van der Waals surface area contributed by atoms with Gasteiger partial charge in [0, 0.05) is 19.6 Å². The van der Waals surface area contributed by atoms with E-state index in [1.54, 1.807) is 16.7 Å². The Kier molecular flexibility index (Phi) is 7.88. The summed E-state index contributed by atoms with van der Waals surface area (Å²) in [4.78, 5) is 13.4. The van der Waals surface area contributed by atoms with Crippen LogP contribution in [0.2, 0.25) is 0 Å². The molecule has 90 valence electrons. The summed E-state index contributed by atoms with van der Waals surface area (Å²) in [5, 5.41) is 0. The minimum absolute atomic E-state index is 0.142. The van der Waals surface area contributed by atoms with E-state index < -0.39 is 0 Å². The molecule has 0 fully saturated rings. The molecule has 0 aliphatic rings. The molecule has 0 aliphatic heterocycles. The van der Waals surface area contributed by atoms with Crippen molar-refractivity contribution in [2.45, 2.75) is 33.2 Å². The van der Waals surface area contributed by atoms with E-state index in [1.165, 1.54) is 6.42 Å². The number of nitrogens with two attached hydrogens (primary N) is 1. The molecule has 0 aromatic carbocycles. The van der Waals surface area contributed by atoms with Crippen LogP contribution in [0.5, 0.6) is 0 Å². The summed E-state index contributed by atoms with van der Waals surface area (Å²) in [6, 6.07) is 0.142. The van der Waals surface area contributed by atoms with Crippen LogP contribution in [0.25, 0.3) is 0 Å². The first-order valence-corrected chi connectivity index (χ1v) is 6.68. The highest BCUT2D eigenvalue weighted by Crippen LogP contribution is 2.09. The first-order chi connectivity index (χ1) is 6.99. The number of carbonyl (C=O) groups is 1. The third kappa shape index (κ3) is 6.79. The van der Waals surface area contributed by atoms with Crippen LogP contribution < -0.4 is 5.73 Å². The third-order valence-electron chi connectivity index (χ3n) is 2.46. The van der Waals surface area contributed by atoms with Crippen molar-refractivity contribution in [3.05, 3.63) is 0 Å². The van der Waals surface area contributed by atoms with Gasteiger partial charge in [0.2, 0.25) is 5.91 Å². The second-order valence-electron chi connectivity index (χ2n) is 4.32. The Morgan fingerprint density at radius 1 is 1.40 bits per heavy atom. The first kappa shape index (κ1) is 14.8. The Balaban J connectivity index is 3.65. The Labute approximate surface area is 97.8 Å². The number of nitrogens with zero attached hydrogens (tertiary/aromatic N) is 1. The molecule has 0 aliphatic carbocycles. The minimum atomic E-state index is 0.142. The third-order valence-corrected chi connectivity index (χ3v) is 3.44. The molecule has 0 heterocycles. The molecule has 0 aromatic heterocycles. The standard InChI is InChI=1S/C11H24N2OS/c1-9(2)5-6-15-8-11(14)13(4)10(3)7-12/h9-10H,5-8,12H2,1-4H3. The molecule has 4 heteroatoms. The molecular weight excluding hydrogens is 208 g/mol. The van der Waals surface area contributed by atoms with Gasteiger partial charge in [0.1, 0.15) is 0 Å². The molecule has 0 rings (SSSR count). The monoisotopic (exact) mass is 232 g/mol. The van der Waals surface area contributed by atoms with E-state index in [0.29, 0.717) is 18.2 Å². The predicted molar refractivity (Wildman–Crippen MR) is 68.1 cm³/mol. The molecule has 0 saturated carbocycles. The molecule has 0 saturated heterocycles. The highest BCUT2D eigenvalue weighted by molar-refractivity contribution is 7.99.